The summed E-state index contributed by atoms with van der Waals surface area (Å²) in [6.07, 6.45) is 2.67. The number of nitrogens with zero attached hydrogens (tertiary/aromatic N) is 2. The van der Waals surface area contributed by atoms with Crippen molar-refractivity contribution in [1.82, 2.24) is 9.80 Å². The summed E-state index contributed by atoms with van der Waals surface area (Å²) in [5.41, 5.74) is 1.47. The zero-order valence-corrected chi connectivity index (χ0v) is 14.5. The first kappa shape index (κ1) is 16.1. The van der Waals surface area contributed by atoms with Gasteiger partial charge in [0.1, 0.15) is 0 Å². The Morgan fingerprint density at radius 3 is 2.42 bits per heavy atom. The van der Waals surface area contributed by atoms with E-state index in [1.54, 1.807) is 0 Å². The minimum Gasteiger partial charge on any atom is -0.379 e. The van der Waals surface area contributed by atoms with E-state index in [0.29, 0.717) is 0 Å². The van der Waals surface area contributed by atoms with Crippen molar-refractivity contribution in [3.63, 3.8) is 0 Å². The predicted octanol–water partition coefficient (Wildman–Crippen LogP) is 3.38. The Bertz CT molecular complexity index is 652. The van der Waals surface area contributed by atoms with Gasteiger partial charge in [0.25, 0.3) is 0 Å². The molecule has 0 saturated carbocycles. The number of hydrogen-bond acceptors (Lipinski definition) is 3. The van der Waals surface area contributed by atoms with Gasteiger partial charge in [0.15, 0.2) is 0 Å². The van der Waals surface area contributed by atoms with Crippen molar-refractivity contribution in [2.45, 2.75) is 19.4 Å². The van der Waals surface area contributed by atoms with Crippen LogP contribution in [0, 0.1) is 5.92 Å². The Balaban J connectivity index is 1.32. The van der Waals surface area contributed by atoms with E-state index in [1.165, 1.54) is 48.8 Å². The summed E-state index contributed by atoms with van der Waals surface area (Å²) in [7, 11) is 0. The normalized spacial score (nSPS) is 21.3. The summed E-state index contributed by atoms with van der Waals surface area (Å²) in [6, 6.07) is 15.5. The molecule has 2 aromatic rings. The second-order valence-electron chi connectivity index (χ2n) is 7.27. The van der Waals surface area contributed by atoms with E-state index in [-0.39, 0.29) is 0 Å². The highest BCUT2D eigenvalue weighted by Crippen LogP contribution is 2.24. The molecule has 2 aliphatic rings. The van der Waals surface area contributed by atoms with E-state index in [9.17, 15) is 0 Å². The molecule has 3 nitrogen and oxygen atoms in total. The predicted molar refractivity (Wildman–Crippen MR) is 99.2 cm³/mol. The summed E-state index contributed by atoms with van der Waals surface area (Å²) in [5.74, 6) is 0.867. The van der Waals surface area contributed by atoms with Crippen LogP contribution in [0.4, 0.5) is 0 Å². The lowest BCUT2D eigenvalue weighted by atomic mass is 9.95. The molecule has 2 saturated heterocycles. The SMILES string of the molecule is c1ccc2c(CN3CCC(CN4CCOCC4)CC3)cccc2c1. The molecule has 3 heteroatoms. The lowest BCUT2D eigenvalue weighted by Gasteiger charge is -2.36. The van der Waals surface area contributed by atoms with Crippen molar-refractivity contribution in [3.05, 3.63) is 48.0 Å². The van der Waals surface area contributed by atoms with Gasteiger partial charge < -0.3 is 4.74 Å². The molecule has 0 unspecified atom stereocenters. The van der Waals surface area contributed by atoms with Gasteiger partial charge in [0.05, 0.1) is 13.2 Å². The fourth-order valence-electron chi connectivity index (χ4n) is 4.15. The van der Waals surface area contributed by atoms with Crippen molar-refractivity contribution in [2.75, 3.05) is 45.9 Å². The number of ether oxygens (including phenoxy) is 1. The fourth-order valence-corrected chi connectivity index (χ4v) is 4.15. The zero-order chi connectivity index (χ0) is 16.2. The highest BCUT2D eigenvalue weighted by Gasteiger charge is 2.22. The third kappa shape index (κ3) is 3.80. The molecule has 0 bridgehead atoms. The van der Waals surface area contributed by atoms with Crippen LogP contribution in [0.5, 0.6) is 0 Å². The van der Waals surface area contributed by atoms with Crippen LogP contribution in [-0.4, -0.2) is 55.7 Å². The molecule has 0 spiro atoms. The molecule has 0 amide bonds. The van der Waals surface area contributed by atoms with Crippen LogP contribution < -0.4 is 0 Å². The van der Waals surface area contributed by atoms with Gasteiger partial charge in [0.2, 0.25) is 0 Å². The molecule has 128 valence electrons. The van der Waals surface area contributed by atoms with Crippen LogP contribution in [0.1, 0.15) is 18.4 Å². The largest absolute Gasteiger partial charge is 0.379 e. The second kappa shape index (κ2) is 7.64. The molecule has 2 aliphatic heterocycles. The molecule has 2 heterocycles. The molecule has 4 rings (SSSR count). The van der Waals surface area contributed by atoms with Crippen molar-refractivity contribution >= 4 is 10.8 Å². The molecular formula is C21H28N2O. The number of hydrogen-bond donors (Lipinski definition) is 0. The summed E-state index contributed by atoms with van der Waals surface area (Å²) >= 11 is 0. The minimum atomic E-state index is 0.867. The Labute approximate surface area is 145 Å². The van der Waals surface area contributed by atoms with E-state index in [1.807, 2.05) is 0 Å². The summed E-state index contributed by atoms with van der Waals surface area (Å²) in [5, 5.41) is 2.77. The zero-order valence-electron chi connectivity index (χ0n) is 14.5. The van der Waals surface area contributed by atoms with E-state index in [4.69, 9.17) is 4.74 Å². The maximum Gasteiger partial charge on any atom is 0.0594 e. The van der Waals surface area contributed by atoms with Gasteiger partial charge in [-0.3, -0.25) is 9.80 Å². The van der Waals surface area contributed by atoms with E-state index in [2.05, 4.69) is 52.3 Å². The van der Waals surface area contributed by atoms with Gasteiger partial charge in [-0.05, 0) is 48.2 Å². The molecular weight excluding hydrogens is 296 g/mol. The van der Waals surface area contributed by atoms with Crippen LogP contribution in [0.25, 0.3) is 10.8 Å². The van der Waals surface area contributed by atoms with Crippen LogP contribution in [0.15, 0.2) is 42.5 Å². The van der Waals surface area contributed by atoms with Crippen molar-refractivity contribution < 1.29 is 4.74 Å². The molecule has 0 aliphatic carbocycles. The van der Waals surface area contributed by atoms with Gasteiger partial charge in [-0.25, -0.2) is 0 Å². The van der Waals surface area contributed by atoms with Gasteiger partial charge in [-0.1, -0.05) is 42.5 Å². The number of morpholine rings is 1. The molecule has 2 aromatic carbocycles. The summed E-state index contributed by atoms with van der Waals surface area (Å²) < 4.78 is 5.46. The highest BCUT2D eigenvalue weighted by atomic mass is 16.5. The van der Waals surface area contributed by atoms with Crippen molar-refractivity contribution in [3.8, 4) is 0 Å². The van der Waals surface area contributed by atoms with E-state index < -0.39 is 0 Å². The number of rotatable bonds is 4. The Kier molecular flexibility index (Phi) is 5.12. The van der Waals surface area contributed by atoms with Gasteiger partial charge >= 0.3 is 0 Å². The maximum atomic E-state index is 5.46. The van der Waals surface area contributed by atoms with Crippen LogP contribution >= 0.6 is 0 Å². The summed E-state index contributed by atoms with van der Waals surface area (Å²) in [4.78, 5) is 5.23. The Morgan fingerprint density at radius 2 is 1.58 bits per heavy atom. The molecule has 0 atom stereocenters. The topological polar surface area (TPSA) is 15.7 Å². The first-order chi connectivity index (χ1) is 11.9. The lowest BCUT2D eigenvalue weighted by Crippen LogP contribution is -2.42. The van der Waals surface area contributed by atoms with E-state index in [0.717, 1.165) is 38.8 Å². The van der Waals surface area contributed by atoms with E-state index >= 15 is 0 Å². The second-order valence-corrected chi connectivity index (χ2v) is 7.27. The molecule has 24 heavy (non-hydrogen) atoms. The average molecular weight is 324 g/mol. The minimum absolute atomic E-state index is 0.867. The average Bonchev–Trinajstić information content (AvgIpc) is 2.65. The number of piperidine rings is 1. The molecule has 2 fully saturated rings. The Morgan fingerprint density at radius 1 is 0.833 bits per heavy atom. The molecule has 0 aromatic heterocycles. The highest BCUT2D eigenvalue weighted by molar-refractivity contribution is 5.85. The first-order valence-electron chi connectivity index (χ1n) is 9.37. The van der Waals surface area contributed by atoms with Crippen molar-refractivity contribution in [2.24, 2.45) is 5.92 Å². The number of fused-ring (bicyclic) bond motifs is 1. The first-order valence-corrected chi connectivity index (χ1v) is 9.37. The standard InChI is InChI=1S/C21H28N2O/c1-2-7-21-19(4-1)5-3-6-20(21)17-22-10-8-18(9-11-22)16-23-12-14-24-15-13-23/h1-7,18H,8-17H2. The third-order valence-corrected chi connectivity index (χ3v) is 5.60. The molecule has 0 radical (unpaired) electrons. The number of likely N-dealkylation sites (tertiary alicyclic amines) is 1. The van der Waals surface area contributed by atoms with Crippen molar-refractivity contribution in [1.29, 1.82) is 0 Å². The van der Waals surface area contributed by atoms with Crippen LogP contribution in [0.2, 0.25) is 0 Å². The molecule has 0 N–H and O–H groups in total. The van der Waals surface area contributed by atoms with Gasteiger partial charge in [0, 0.05) is 26.2 Å². The fraction of sp³-hybridized carbons (Fsp3) is 0.524. The monoisotopic (exact) mass is 324 g/mol. The maximum absolute atomic E-state index is 5.46. The lowest BCUT2D eigenvalue weighted by molar-refractivity contribution is 0.0242. The van der Waals surface area contributed by atoms with Gasteiger partial charge in [-0.2, -0.15) is 0 Å². The summed E-state index contributed by atoms with van der Waals surface area (Å²) in [6.45, 7) is 8.90. The van der Waals surface area contributed by atoms with Crippen LogP contribution in [-0.2, 0) is 11.3 Å². The third-order valence-electron chi connectivity index (χ3n) is 5.60. The quantitative estimate of drug-likeness (QED) is 0.857. The van der Waals surface area contributed by atoms with Gasteiger partial charge in [-0.15, -0.1) is 0 Å². The smallest absolute Gasteiger partial charge is 0.0594 e. The number of benzene rings is 2. The van der Waals surface area contributed by atoms with Crippen LogP contribution in [0.3, 0.4) is 0 Å². The Hall–Kier alpha value is -1.42.